The van der Waals surface area contributed by atoms with Gasteiger partial charge in [0, 0.05) is 24.7 Å². The molecule has 1 N–H and O–H groups in total. The zero-order valence-corrected chi connectivity index (χ0v) is 17.8. The van der Waals surface area contributed by atoms with E-state index in [9.17, 15) is 4.79 Å². The molecule has 0 spiro atoms. The van der Waals surface area contributed by atoms with Crippen molar-refractivity contribution in [2.24, 2.45) is 0 Å². The molecule has 4 rings (SSSR count). The van der Waals surface area contributed by atoms with Gasteiger partial charge in [0.25, 0.3) is 5.91 Å². The normalized spacial score (nSPS) is 11.0. The third-order valence-corrected chi connectivity index (χ3v) is 6.06. The number of carbonyl (C=O) groups excluding carboxylic acids is 1. The Kier molecular flexibility index (Phi) is 6.57. The molecule has 4 aromatic rings. The number of methoxy groups -OCH3 is 1. The summed E-state index contributed by atoms with van der Waals surface area (Å²) in [6, 6.07) is 13.5. The first kappa shape index (κ1) is 20.3. The molecule has 3 heterocycles. The third-order valence-electron chi connectivity index (χ3n) is 4.09. The highest BCUT2D eigenvalue weighted by Crippen LogP contribution is 2.30. The van der Waals surface area contributed by atoms with Gasteiger partial charge >= 0.3 is 0 Å². The van der Waals surface area contributed by atoms with Crippen molar-refractivity contribution in [3.05, 3.63) is 64.8 Å². The van der Waals surface area contributed by atoms with E-state index in [1.165, 1.54) is 23.1 Å². The van der Waals surface area contributed by atoms with Gasteiger partial charge in [0.15, 0.2) is 10.9 Å². The number of hydrogen-bond acceptors (Lipinski definition) is 8. The number of nitrogens with one attached hydrogen (secondary N) is 1. The fourth-order valence-corrected chi connectivity index (χ4v) is 4.45. The Morgan fingerprint density at radius 3 is 2.87 bits per heavy atom. The SMILES string of the molecule is COCCNC(=O)c1csc(CSc2nnc(-c3ccco3)n2-c2ccccc2)n1. The zero-order chi connectivity index (χ0) is 20.8. The lowest BCUT2D eigenvalue weighted by atomic mass is 10.3. The summed E-state index contributed by atoms with van der Waals surface area (Å²) in [5.41, 5.74) is 1.35. The van der Waals surface area contributed by atoms with E-state index in [0.717, 1.165) is 10.7 Å². The van der Waals surface area contributed by atoms with Crippen LogP contribution in [0.5, 0.6) is 0 Å². The number of nitrogens with zero attached hydrogens (tertiary/aromatic N) is 4. The lowest BCUT2D eigenvalue weighted by Gasteiger charge is -2.08. The molecule has 0 aliphatic rings. The van der Waals surface area contributed by atoms with Gasteiger partial charge in [-0.25, -0.2) is 4.98 Å². The van der Waals surface area contributed by atoms with E-state index < -0.39 is 0 Å². The minimum atomic E-state index is -0.202. The lowest BCUT2D eigenvalue weighted by Crippen LogP contribution is -2.27. The third kappa shape index (κ3) is 4.61. The van der Waals surface area contributed by atoms with Crippen molar-refractivity contribution in [3.8, 4) is 17.3 Å². The summed E-state index contributed by atoms with van der Waals surface area (Å²) in [6.07, 6.45) is 1.61. The molecule has 1 amide bonds. The van der Waals surface area contributed by atoms with Gasteiger partial charge in [-0.15, -0.1) is 21.5 Å². The maximum Gasteiger partial charge on any atom is 0.270 e. The smallest absolute Gasteiger partial charge is 0.270 e. The molecule has 0 fully saturated rings. The number of benzene rings is 1. The Balaban J connectivity index is 1.51. The lowest BCUT2D eigenvalue weighted by molar-refractivity contribution is 0.0932. The second-order valence-corrected chi connectivity index (χ2v) is 8.00. The van der Waals surface area contributed by atoms with Crippen LogP contribution in [-0.2, 0) is 10.5 Å². The Morgan fingerprint density at radius 1 is 1.23 bits per heavy atom. The summed E-state index contributed by atoms with van der Waals surface area (Å²) in [7, 11) is 1.59. The molecule has 0 bridgehead atoms. The van der Waals surface area contributed by atoms with Crippen molar-refractivity contribution >= 4 is 29.0 Å². The number of carbonyl (C=O) groups is 1. The number of furan rings is 1. The van der Waals surface area contributed by atoms with Crippen molar-refractivity contribution < 1.29 is 13.9 Å². The van der Waals surface area contributed by atoms with Crippen LogP contribution in [0, 0.1) is 0 Å². The summed E-state index contributed by atoms with van der Waals surface area (Å²) >= 11 is 2.95. The number of aromatic nitrogens is 4. The van der Waals surface area contributed by atoms with Crippen LogP contribution in [0.2, 0.25) is 0 Å². The molecule has 1 aromatic carbocycles. The van der Waals surface area contributed by atoms with Crippen LogP contribution < -0.4 is 5.32 Å². The monoisotopic (exact) mass is 441 g/mol. The number of hydrogen-bond donors (Lipinski definition) is 1. The van der Waals surface area contributed by atoms with Crippen LogP contribution in [0.25, 0.3) is 17.3 Å². The fourth-order valence-electron chi connectivity index (χ4n) is 2.70. The highest BCUT2D eigenvalue weighted by atomic mass is 32.2. The Bertz CT molecular complexity index is 1090. The number of thiazole rings is 1. The average molecular weight is 442 g/mol. The van der Waals surface area contributed by atoms with E-state index in [4.69, 9.17) is 9.15 Å². The predicted octanol–water partition coefficient (Wildman–Crippen LogP) is 3.65. The first-order valence-corrected chi connectivity index (χ1v) is 11.0. The van der Waals surface area contributed by atoms with Gasteiger partial charge in [-0.2, -0.15) is 0 Å². The van der Waals surface area contributed by atoms with E-state index in [2.05, 4.69) is 20.5 Å². The van der Waals surface area contributed by atoms with Crippen LogP contribution in [0.4, 0.5) is 0 Å². The predicted molar refractivity (Wildman–Crippen MR) is 115 cm³/mol. The van der Waals surface area contributed by atoms with Crippen LogP contribution in [-0.4, -0.2) is 45.9 Å². The van der Waals surface area contributed by atoms with Crippen LogP contribution in [0.3, 0.4) is 0 Å². The molecule has 8 nitrogen and oxygen atoms in total. The number of rotatable bonds is 9. The molecular weight excluding hydrogens is 422 g/mol. The summed E-state index contributed by atoms with van der Waals surface area (Å²) in [4.78, 5) is 16.5. The number of ether oxygens (including phenoxy) is 1. The molecule has 30 heavy (non-hydrogen) atoms. The van der Waals surface area contributed by atoms with Crippen molar-refractivity contribution in [2.45, 2.75) is 10.9 Å². The quantitative estimate of drug-likeness (QED) is 0.313. The van der Waals surface area contributed by atoms with E-state index in [-0.39, 0.29) is 5.91 Å². The first-order chi connectivity index (χ1) is 14.8. The molecule has 10 heteroatoms. The fraction of sp³-hybridized carbons (Fsp3) is 0.200. The number of amides is 1. The van der Waals surface area contributed by atoms with E-state index in [0.29, 0.717) is 41.3 Å². The van der Waals surface area contributed by atoms with Crippen molar-refractivity contribution in [1.29, 1.82) is 0 Å². The van der Waals surface area contributed by atoms with Crippen LogP contribution >= 0.6 is 23.1 Å². The van der Waals surface area contributed by atoms with Gasteiger partial charge in [0.1, 0.15) is 10.7 Å². The number of para-hydroxylation sites is 1. The molecule has 0 atom stereocenters. The van der Waals surface area contributed by atoms with Crippen molar-refractivity contribution in [2.75, 3.05) is 20.3 Å². The second-order valence-electron chi connectivity index (χ2n) is 6.12. The average Bonchev–Trinajstić information content (AvgIpc) is 3.53. The highest BCUT2D eigenvalue weighted by Gasteiger charge is 2.19. The van der Waals surface area contributed by atoms with Crippen molar-refractivity contribution in [3.63, 3.8) is 0 Å². The minimum Gasteiger partial charge on any atom is -0.461 e. The van der Waals surface area contributed by atoms with Crippen LogP contribution in [0.15, 0.2) is 63.7 Å². The topological polar surface area (TPSA) is 95.1 Å². The molecule has 154 valence electrons. The summed E-state index contributed by atoms with van der Waals surface area (Å²) in [5.74, 6) is 1.64. The molecule has 0 saturated heterocycles. The Hall–Kier alpha value is -2.95. The first-order valence-electron chi connectivity index (χ1n) is 9.15. The van der Waals surface area contributed by atoms with Gasteiger partial charge in [0.05, 0.1) is 18.6 Å². The molecule has 0 aliphatic carbocycles. The summed E-state index contributed by atoms with van der Waals surface area (Å²) < 4.78 is 12.4. The molecule has 3 aromatic heterocycles. The van der Waals surface area contributed by atoms with Gasteiger partial charge in [-0.3, -0.25) is 9.36 Å². The number of thioether (sulfide) groups is 1. The van der Waals surface area contributed by atoms with Crippen molar-refractivity contribution in [1.82, 2.24) is 25.1 Å². The zero-order valence-electron chi connectivity index (χ0n) is 16.1. The molecule has 0 unspecified atom stereocenters. The molecule has 0 saturated carbocycles. The summed E-state index contributed by atoms with van der Waals surface area (Å²) in [5, 5.41) is 14.8. The molecule has 0 aliphatic heterocycles. The Morgan fingerprint density at radius 2 is 2.10 bits per heavy atom. The molecule has 0 radical (unpaired) electrons. The maximum absolute atomic E-state index is 12.1. The van der Waals surface area contributed by atoms with Gasteiger partial charge in [0.2, 0.25) is 5.82 Å². The van der Waals surface area contributed by atoms with E-state index in [1.54, 1.807) is 18.8 Å². The maximum atomic E-state index is 12.1. The Labute approximate surface area is 181 Å². The van der Waals surface area contributed by atoms with E-state index >= 15 is 0 Å². The van der Waals surface area contributed by atoms with Gasteiger partial charge in [-0.05, 0) is 24.3 Å². The second kappa shape index (κ2) is 9.70. The summed E-state index contributed by atoms with van der Waals surface area (Å²) in [6.45, 7) is 0.915. The van der Waals surface area contributed by atoms with Crippen LogP contribution in [0.1, 0.15) is 15.5 Å². The highest BCUT2D eigenvalue weighted by molar-refractivity contribution is 7.98. The van der Waals surface area contributed by atoms with Gasteiger partial charge < -0.3 is 14.5 Å². The van der Waals surface area contributed by atoms with Gasteiger partial charge in [-0.1, -0.05) is 30.0 Å². The minimum absolute atomic E-state index is 0.202. The molecular formula is C20H19N5O3S2. The van der Waals surface area contributed by atoms with E-state index in [1.807, 2.05) is 47.0 Å². The standard InChI is InChI=1S/C20H19N5O3S2/c1-27-11-9-21-19(26)15-12-29-17(22-15)13-30-20-24-23-18(16-8-5-10-28-16)25(20)14-6-3-2-4-7-14/h2-8,10,12H,9,11,13H2,1H3,(H,21,26). The largest absolute Gasteiger partial charge is 0.461 e.